The molecule has 2 aromatic rings. The van der Waals surface area contributed by atoms with Crippen molar-refractivity contribution in [3.8, 4) is 5.82 Å². The van der Waals surface area contributed by atoms with Crippen molar-refractivity contribution in [2.45, 2.75) is 0 Å². The number of pyridine rings is 1. The van der Waals surface area contributed by atoms with E-state index >= 15 is 0 Å². The molecule has 0 fully saturated rings. The standard InChI is InChI=1S/C8H8N4.ClH/c9-7-1-2-8(11-5-7)12-4-3-10-6-12;/h1-6H,9H2;1H. The van der Waals surface area contributed by atoms with Gasteiger partial charge in [0.25, 0.3) is 0 Å². The minimum Gasteiger partial charge on any atom is -0.397 e. The van der Waals surface area contributed by atoms with Crippen LogP contribution in [0.1, 0.15) is 0 Å². The van der Waals surface area contributed by atoms with Crippen LogP contribution in [0.2, 0.25) is 0 Å². The SMILES string of the molecule is Cl.Nc1ccc(-n2ccnc2)nc1. The number of nitrogen functional groups attached to an aromatic ring is 1. The van der Waals surface area contributed by atoms with Gasteiger partial charge in [-0.25, -0.2) is 9.97 Å². The molecule has 0 bridgehead atoms. The predicted molar refractivity (Wildman–Crippen MR) is 53.0 cm³/mol. The Kier molecular flexibility index (Phi) is 2.87. The fourth-order valence-corrected chi connectivity index (χ4v) is 0.945. The number of nitrogens with zero attached hydrogens (tertiary/aromatic N) is 3. The summed E-state index contributed by atoms with van der Waals surface area (Å²) in [5.41, 5.74) is 6.16. The summed E-state index contributed by atoms with van der Waals surface area (Å²) in [6.07, 6.45) is 6.85. The number of nitrogens with two attached hydrogens (primary N) is 1. The van der Waals surface area contributed by atoms with Gasteiger partial charge in [-0.3, -0.25) is 4.57 Å². The lowest BCUT2D eigenvalue weighted by Gasteiger charge is -1.99. The average Bonchev–Trinajstić information content (AvgIpc) is 2.58. The lowest BCUT2D eigenvalue weighted by atomic mass is 10.4. The van der Waals surface area contributed by atoms with E-state index in [0.29, 0.717) is 5.69 Å². The van der Waals surface area contributed by atoms with E-state index < -0.39 is 0 Å². The van der Waals surface area contributed by atoms with Gasteiger partial charge in [-0.05, 0) is 12.1 Å². The predicted octanol–water partition coefficient (Wildman–Crippen LogP) is 1.27. The van der Waals surface area contributed by atoms with Crippen LogP contribution >= 0.6 is 12.4 Å². The van der Waals surface area contributed by atoms with Crippen molar-refractivity contribution in [1.29, 1.82) is 0 Å². The lowest BCUT2D eigenvalue weighted by Crippen LogP contribution is -1.94. The highest BCUT2D eigenvalue weighted by molar-refractivity contribution is 5.85. The topological polar surface area (TPSA) is 56.7 Å². The normalized spacial score (nSPS) is 9.23. The summed E-state index contributed by atoms with van der Waals surface area (Å²) in [5.74, 6) is 0.821. The van der Waals surface area contributed by atoms with Gasteiger partial charge in [0.2, 0.25) is 0 Å². The van der Waals surface area contributed by atoms with E-state index in [1.807, 2.05) is 22.9 Å². The summed E-state index contributed by atoms with van der Waals surface area (Å²) < 4.78 is 1.82. The van der Waals surface area contributed by atoms with E-state index in [2.05, 4.69) is 9.97 Å². The highest BCUT2D eigenvalue weighted by atomic mass is 35.5. The minimum atomic E-state index is 0. The Morgan fingerprint density at radius 2 is 2.15 bits per heavy atom. The highest BCUT2D eigenvalue weighted by Crippen LogP contribution is 2.05. The zero-order valence-electron chi connectivity index (χ0n) is 6.79. The van der Waals surface area contributed by atoms with E-state index in [-0.39, 0.29) is 12.4 Å². The Balaban J connectivity index is 0.000000845. The van der Waals surface area contributed by atoms with Crippen LogP contribution in [0.5, 0.6) is 0 Å². The van der Waals surface area contributed by atoms with Crippen LogP contribution in [0.3, 0.4) is 0 Å². The highest BCUT2D eigenvalue weighted by Gasteiger charge is 1.94. The van der Waals surface area contributed by atoms with Gasteiger partial charge in [-0.1, -0.05) is 0 Å². The Morgan fingerprint density at radius 1 is 1.31 bits per heavy atom. The Hall–Kier alpha value is -1.55. The van der Waals surface area contributed by atoms with Gasteiger partial charge in [-0.2, -0.15) is 0 Å². The Bertz CT molecular complexity index is 354. The fraction of sp³-hybridized carbons (Fsp3) is 0. The van der Waals surface area contributed by atoms with Gasteiger partial charge in [0.15, 0.2) is 0 Å². The van der Waals surface area contributed by atoms with E-state index in [4.69, 9.17) is 5.73 Å². The van der Waals surface area contributed by atoms with Gasteiger partial charge in [0.05, 0.1) is 11.9 Å². The third-order valence-electron chi connectivity index (χ3n) is 1.54. The molecule has 2 rings (SSSR count). The average molecular weight is 197 g/mol. The fourth-order valence-electron chi connectivity index (χ4n) is 0.945. The van der Waals surface area contributed by atoms with Gasteiger partial charge in [0, 0.05) is 12.4 Å². The maximum absolute atomic E-state index is 5.49. The molecule has 2 heterocycles. The maximum Gasteiger partial charge on any atom is 0.137 e. The molecule has 2 aromatic heterocycles. The van der Waals surface area contributed by atoms with Gasteiger partial charge < -0.3 is 5.73 Å². The first kappa shape index (κ1) is 9.54. The first-order chi connectivity index (χ1) is 5.86. The number of anilines is 1. The van der Waals surface area contributed by atoms with E-state index in [0.717, 1.165) is 5.82 Å². The van der Waals surface area contributed by atoms with Gasteiger partial charge >= 0.3 is 0 Å². The molecule has 13 heavy (non-hydrogen) atoms. The summed E-state index contributed by atoms with van der Waals surface area (Å²) in [5, 5.41) is 0. The zero-order chi connectivity index (χ0) is 8.39. The van der Waals surface area contributed by atoms with Crippen LogP contribution < -0.4 is 5.73 Å². The number of hydrogen-bond acceptors (Lipinski definition) is 3. The van der Waals surface area contributed by atoms with Crippen molar-refractivity contribution >= 4 is 18.1 Å². The largest absolute Gasteiger partial charge is 0.397 e. The monoisotopic (exact) mass is 196 g/mol. The second-order valence-electron chi connectivity index (χ2n) is 2.42. The number of halogens is 1. The van der Waals surface area contributed by atoms with Gasteiger partial charge in [0.1, 0.15) is 12.1 Å². The van der Waals surface area contributed by atoms with Crippen LogP contribution in [0.25, 0.3) is 5.82 Å². The Morgan fingerprint density at radius 3 is 2.69 bits per heavy atom. The van der Waals surface area contributed by atoms with E-state index in [9.17, 15) is 0 Å². The quantitative estimate of drug-likeness (QED) is 0.748. The molecule has 0 aliphatic rings. The molecular formula is C8H9ClN4. The molecule has 0 aliphatic heterocycles. The molecule has 0 amide bonds. The van der Waals surface area contributed by atoms with Crippen molar-refractivity contribution in [1.82, 2.24) is 14.5 Å². The minimum absolute atomic E-state index is 0. The number of rotatable bonds is 1. The summed E-state index contributed by atoms with van der Waals surface area (Å²) in [6.45, 7) is 0. The molecule has 0 aliphatic carbocycles. The Labute approximate surface area is 81.8 Å². The van der Waals surface area contributed by atoms with Crippen LogP contribution in [-0.2, 0) is 0 Å². The first-order valence-corrected chi connectivity index (χ1v) is 3.56. The smallest absolute Gasteiger partial charge is 0.137 e. The van der Waals surface area contributed by atoms with Crippen LogP contribution in [-0.4, -0.2) is 14.5 Å². The summed E-state index contributed by atoms with van der Waals surface area (Å²) >= 11 is 0. The van der Waals surface area contributed by atoms with Crippen molar-refractivity contribution in [3.63, 3.8) is 0 Å². The second-order valence-corrected chi connectivity index (χ2v) is 2.42. The number of imidazole rings is 1. The number of aromatic nitrogens is 3. The third kappa shape index (κ3) is 1.97. The molecule has 5 heteroatoms. The second kappa shape index (κ2) is 3.91. The van der Waals surface area contributed by atoms with Crippen LogP contribution in [0.15, 0.2) is 37.1 Å². The van der Waals surface area contributed by atoms with Crippen molar-refractivity contribution in [2.75, 3.05) is 5.73 Å². The molecule has 0 radical (unpaired) electrons. The first-order valence-electron chi connectivity index (χ1n) is 3.56. The molecule has 0 spiro atoms. The molecule has 0 atom stereocenters. The number of hydrogen-bond donors (Lipinski definition) is 1. The molecule has 0 saturated carbocycles. The molecule has 4 nitrogen and oxygen atoms in total. The van der Waals surface area contributed by atoms with Crippen LogP contribution in [0, 0.1) is 0 Å². The lowest BCUT2D eigenvalue weighted by molar-refractivity contribution is 0.994. The molecular weight excluding hydrogens is 188 g/mol. The van der Waals surface area contributed by atoms with Crippen molar-refractivity contribution in [3.05, 3.63) is 37.1 Å². The van der Waals surface area contributed by atoms with Crippen molar-refractivity contribution < 1.29 is 0 Å². The van der Waals surface area contributed by atoms with E-state index in [1.165, 1.54) is 0 Å². The van der Waals surface area contributed by atoms with Crippen LogP contribution in [0.4, 0.5) is 5.69 Å². The molecule has 0 saturated heterocycles. The van der Waals surface area contributed by atoms with Gasteiger partial charge in [-0.15, -0.1) is 12.4 Å². The summed E-state index contributed by atoms with van der Waals surface area (Å²) in [4.78, 5) is 8.03. The van der Waals surface area contributed by atoms with Crippen molar-refractivity contribution in [2.24, 2.45) is 0 Å². The molecule has 2 N–H and O–H groups in total. The maximum atomic E-state index is 5.49. The summed E-state index contributed by atoms with van der Waals surface area (Å²) in [6, 6.07) is 3.65. The van der Waals surface area contributed by atoms with E-state index in [1.54, 1.807) is 18.7 Å². The zero-order valence-corrected chi connectivity index (χ0v) is 7.61. The molecule has 68 valence electrons. The molecule has 0 unspecified atom stereocenters. The summed E-state index contributed by atoms with van der Waals surface area (Å²) in [7, 11) is 0. The molecule has 0 aromatic carbocycles. The third-order valence-corrected chi connectivity index (χ3v) is 1.54.